The Labute approximate surface area is 137 Å². The molecule has 0 bridgehead atoms. The molecule has 1 fully saturated rings. The van der Waals surface area contributed by atoms with E-state index in [9.17, 15) is 4.79 Å². The Bertz CT molecular complexity index is 690. The number of likely N-dealkylation sites (tertiary alicyclic amines) is 1. The van der Waals surface area contributed by atoms with Gasteiger partial charge in [0.1, 0.15) is 0 Å². The fraction of sp³-hybridized carbons (Fsp3) is 0.474. The first-order valence-electron chi connectivity index (χ1n) is 8.50. The molecule has 1 amide bonds. The number of nitrogens with zero attached hydrogens (tertiary/aromatic N) is 2. The van der Waals surface area contributed by atoms with Crippen LogP contribution in [0.2, 0.25) is 0 Å². The molecule has 0 atom stereocenters. The van der Waals surface area contributed by atoms with Gasteiger partial charge in [0.2, 0.25) is 0 Å². The summed E-state index contributed by atoms with van der Waals surface area (Å²) in [5.41, 5.74) is 2.47. The SMILES string of the molecule is Cc1cc(C(=O)NCCN2CCC(C)CC2)c2ccccc2n1. The minimum Gasteiger partial charge on any atom is -0.351 e. The van der Waals surface area contributed by atoms with E-state index in [0.717, 1.165) is 47.7 Å². The number of rotatable bonds is 4. The van der Waals surface area contributed by atoms with Crippen LogP contribution in [-0.2, 0) is 0 Å². The quantitative estimate of drug-likeness (QED) is 0.944. The van der Waals surface area contributed by atoms with Gasteiger partial charge in [0.05, 0.1) is 11.1 Å². The molecule has 1 aliphatic rings. The zero-order chi connectivity index (χ0) is 16.2. The molecule has 2 aromatic rings. The topological polar surface area (TPSA) is 45.2 Å². The highest BCUT2D eigenvalue weighted by atomic mass is 16.1. The van der Waals surface area contributed by atoms with Gasteiger partial charge in [0.15, 0.2) is 0 Å². The maximum absolute atomic E-state index is 12.5. The van der Waals surface area contributed by atoms with E-state index in [1.807, 2.05) is 37.3 Å². The van der Waals surface area contributed by atoms with Gasteiger partial charge in [-0.15, -0.1) is 0 Å². The lowest BCUT2D eigenvalue weighted by atomic mass is 9.99. The average molecular weight is 311 g/mol. The summed E-state index contributed by atoms with van der Waals surface area (Å²) < 4.78 is 0. The molecule has 23 heavy (non-hydrogen) atoms. The molecule has 1 N–H and O–H groups in total. The summed E-state index contributed by atoms with van der Waals surface area (Å²) >= 11 is 0. The summed E-state index contributed by atoms with van der Waals surface area (Å²) in [6.07, 6.45) is 2.53. The lowest BCUT2D eigenvalue weighted by Crippen LogP contribution is -2.39. The number of fused-ring (bicyclic) bond motifs is 1. The van der Waals surface area contributed by atoms with Crippen LogP contribution in [0.15, 0.2) is 30.3 Å². The second-order valence-corrected chi connectivity index (χ2v) is 6.61. The highest BCUT2D eigenvalue weighted by molar-refractivity contribution is 6.06. The Balaban J connectivity index is 1.62. The number of carbonyl (C=O) groups excluding carboxylic acids is 1. The standard InChI is InChI=1S/C19H25N3O/c1-14-7-10-22(11-8-14)12-9-20-19(23)17-13-15(2)21-18-6-4-3-5-16(17)18/h3-6,13-14H,7-12H2,1-2H3,(H,20,23). The number of hydrogen-bond donors (Lipinski definition) is 1. The summed E-state index contributed by atoms with van der Waals surface area (Å²) in [5, 5.41) is 3.99. The van der Waals surface area contributed by atoms with E-state index < -0.39 is 0 Å². The summed E-state index contributed by atoms with van der Waals surface area (Å²) in [5.74, 6) is 0.837. The van der Waals surface area contributed by atoms with Crippen molar-refractivity contribution in [2.75, 3.05) is 26.2 Å². The number of nitrogens with one attached hydrogen (secondary N) is 1. The molecule has 4 heteroatoms. The highest BCUT2D eigenvalue weighted by Crippen LogP contribution is 2.18. The molecule has 1 aromatic heterocycles. The van der Waals surface area contributed by atoms with Gasteiger partial charge < -0.3 is 10.2 Å². The third-order valence-electron chi connectivity index (χ3n) is 4.68. The number of piperidine rings is 1. The molecule has 1 saturated heterocycles. The van der Waals surface area contributed by atoms with Crippen molar-refractivity contribution in [3.05, 3.63) is 41.6 Å². The number of hydrogen-bond acceptors (Lipinski definition) is 3. The molecule has 1 aromatic carbocycles. The van der Waals surface area contributed by atoms with E-state index in [2.05, 4.69) is 22.1 Å². The van der Waals surface area contributed by atoms with Crippen LogP contribution in [0.1, 0.15) is 35.8 Å². The molecule has 3 rings (SSSR count). The van der Waals surface area contributed by atoms with E-state index in [1.54, 1.807) is 0 Å². The molecule has 1 aliphatic heterocycles. The molecule has 2 heterocycles. The zero-order valence-corrected chi connectivity index (χ0v) is 14.0. The minimum absolute atomic E-state index is 0.00271. The average Bonchev–Trinajstić information content (AvgIpc) is 2.55. The Hall–Kier alpha value is -1.94. The van der Waals surface area contributed by atoms with E-state index >= 15 is 0 Å². The Morgan fingerprint density at radius 1 is 1.30 bits per heavy atom. The molecule has 0 aliphatic carbocycles. The van der Waals surface area contributed by atoms with Crippen molar-refractivity contribution in [2.24, 2.45) is 5.92 Å². The second-order valence-electron chi connectivity index (χ2n) is 6.61. The summed E-state index contributed by atoms with van der Waals surface area (Å²) in [7, 11) is 0. The van der Waals surface area contributed by atoms with Crippen LogP contribution in [-0.4, -0.2) is 42.0 Å². The van der Waals surface area contributed by atoms with Gasteiger partial charge in [-0.05, 0) is 50.9 Å². The molecule has 122 valence electrons. The van der Waals surface area contributed by atoms with E-state index in [0.29, 0.717) is 6.54 Å². The number of benzene rings is 1. The number of carbonyl (C=O) groups is 1. The fourth-order valence-corrected chi connectivity index (χ4v) is 3.20. The summed E-state index contributed by atoms with van der Waals surface area (Å²) in [6, 6.07) is 9.69. The van der Waals surface area contributed by atoms with Crippen LogP contribution in [0.3, 0.4) is 0 Å². The van der Waals surface area contributed by atoms with Crippen molar-refractivity contribution < 1.29 is 4.79 Å². The van der Waals surface area contributed by atoms with Crippen LogP contribution >= 0.6 is 0 Å². The summed E-state index contributed by atoms with van der Waals surface area (Å²) in [6.45, 7) is 8.17. The number of amides is 1. The van der Waals surface area contributed by atoms with Crippen LogP contribution in [0.25, 0.3) is 10.9 Å². The van der Waals surface area contributed by atoms with Crippen molar-refractivity contribution >= 4 is 16.8 Å². The molecule has 0 spiro atoms. The Morgan fingerprint density at radius 3 is 2.83 bits per heavy atom. The molecule has 4 nitrogen and oxygen atoms in total. The van der Waals surface area contributed by atoms with E-state index in [-0.39, 0.29) is 5.91 Å². The number of aryl methyl sites for hydroxylation is 1. The predicted octanol–water partition coefficient (Wildman–Crippen LogP) is 3.00. The monoisotopic (exact) mass is 311 g/mol. The lowest BCUT2D eigenvalue weighted by Gasteiger charge is -2.30. The van der Waals surface area contributed by atoms with Gasteiger partial charge in [0.25, 0.3) is 5.91 Å². The van der Waals surface area contributed by atoms with Crippen LogP contribution in [0.4, 0.5) is 0 Å². The molecule has 0 saturated carbocycles. The van der Waals surface area contributed by atoms with Gasteiger partial charge in [0, 0.05) is 24.2 Å². The normalized spacial score (nSPS) is 16.6. The van der Waals surface area contributed by atoms with Gasteiger partial charge in [-0.2, -0.15) is 0 Å². The third kappa shape index (κ3) is 3.88. The predicted molar refractivity (Wildman–Crippen MR) is 93.7 cm³/mol. The fourth-order valence-electron chi connectivity index (χ4n) is 3.20. The largest absolute Gasteiger partial charge is 0.351 e. The minimum atomic E-state index is -0.00271. The van der Waals surface area contributed by atoms with Crippen LogP contribution < -0.4 is 5.32 Å². The Kier molecular flexibility index (Phi) is 4.91. The third-order valence-corrected chi connectivity index (χ3v) is 4.68. The smallest absolute Gasteiger partial charge is 0.252 e. The van der Waals surface area contributed by atoms with Crippen molar-refractivity contribution in [2.45, 2.75) is 26.7 Å². The van der Waals surface area contributed by atoms with Crippen molar-refractivity contribution in [1.29, 1.82) is 0 Å². The van der Waals surface area contributed by atoms with E-state index in [1.165, 1.54) is 12.8 Å². The maximum Gasteiger partial charge on any atom is 0.252 e. The van der Waals surface area contributed by atoms with Gasteiger partial charge in [-0.1, -0.05) is 25.1 Å². The first-order valence-corrected chi connectivity index (χ1v) is 8.50. The van der Waals surface area contributed by atoms with Gasteiger partial charge in [-0.3, -0.25) is 9.78 Å². The highest BCUT2D eigenvalue weighted by Gasteiger charge is 2.16. The van der Waals surface area contributed by atoms with Crippen LogP contribution in [0, 0.1) is 12.8 Å². The second kappa shape index (κ2) is 7.09. The van der Waals surface area contributed by atoms with Gasteiger partial charge in [-0.25, -0.2) is 0 Å². The van der Waals surface area contributed by atoms with Crippen molar-refractivity contribution in [1.82, 2.24) is 15.2 Å². The first kappa shape index (κ1) is 15.9. The molecule has 0 unspecified atom stereocenters. The van der Waals surface area contributed by atoms with Gasteiger partial charge >= 0.3 is 0 Å². The van der Waals surface area contributed by atoms with Crippen molar-refractivity contribution in [3.8, 4) is 0 Å². The number of aromatic nitrogens is 1. The number of para-hydroxylation sites is 1. The first-order chi connectivity index (χ1) is 11.1. The molecule has 0 radical (unpaired) electrons. The maximum atomic E-state index is 12.5. The lowest BCUT2D eigenvalue weighted by molar-refractivity contribution is 0.0946. The molecular formula is C19H25N3O. The Morgan fingerprint density at radius 2 is 2.04 bits per heavy atom. The summed E-state index contributed by atoms with van der Waals surface area (Å²) in [4.78, 5) is 19.5. The molecular weight excluding hydrogens is 286 g/mol. The van der Waals surface area contributed by atoms with E-state index in [4.69, 9.17) is 0 Å². The van der Waals surface area contributed by atoms with Crippen LogP contribution in [0.5, 0.6) is 0 Å². The van der Waals surface area contributed by atoms with Crippen molar-refractivity contribution in [3.63, 3.8) is 0 Å². The number of pyridine rings is 1. The zero-order valence-electron chi connectivity index (χ0n) is 14.0.